The lowest BCUT2D eigenvalue weighted by Crippen LogP contribution is -2.18. The smallest absolute Gasteiger partial charge is 0.260 e. The van der Waals surface area contributed by atoms with Gasteiger partial charge in [-0.2, -0.15) is 0 Å². The third-order valence-electron chi connectivity index (χ3n) is 5.40. The number of ether oxygens (including phenoxy) is 1. The van der Waals surface area contributed by atoms with Gasteiger partial charge in [-0.25, -0.2) is 4.98 Å². The van der Waals surface area contributed by atoms with Gasteiger partial charge < -0.3 is 14.7 Å². The van der Waals surface area contributed by atoms with E-state index in [-0.39, 0.29) is 5.56 Å². The maximum atomic E-state index is 13.3. The Morgan fingerprint density at radius 1 is 1.00 bits per heavy atom. The van der Waals surface area contributed by atoms with Crippen LogP contribution in [0.1, 0.15) is 16.2 Å². The first-order valence-corrected chi connectivity index (χ1v) is 10.6. The third kappa shape index (κ3) is 3.92. The average molecular weight is 456 g/mol. The minimum Gasteiger partial charge on any atom is -0.497 e. The molecule has 0 amide bonds. The SMILES string of the molecule is COc1ccc(-c2c(C(=O)/C=C/c3nc4ccccc4[nH]3)c(=O)[nH]c3ccc(Cl)cc23)cc1. The molecule has 3 aromatic carbocycles. The van der Waals surface area contributed by atoms with E-state index in [1.54, 1.807) is 43.5 Å². The van der Waals surface area contributed by atoms with Crippen LogP contribution in [0.2, 0.25) is 5.02 Å². The first kappa shape index (κ1) is 20.7. The number of nitrogens with one attached hydrogen (secondary N) is 2. The van der Waals surface area contributed by atoms with Crippen LogP contribution in [0, 0.1) is 0 Å². The van der Waals surface area contributed by atoms with Gasteiger partial charge in [0.2, 0.25) is 0 Å². The Hall–Kier alpha value is -4.16. The molecule has 0 radical (unpaired) electrons. The lowest BCUT2D eigenvalue weighted by atomic mass is 9.94. The summed E-state index contributed by atoms with van der Waals surface area (Å²) in [5, 5.41) is 1.17. The van der Waals surface area contributed by atoms with Crippen molar-refractivity contribution in [3.8, 4) is 16.9 Å². The quantitative estimate of drug-likeness (QED) is 0.265. The van der Waals surface area contributed by atoms with E-state index >= 15 is 0 Å². The highest BCUT2D eigenvalue weighted by molar-refractivity contribution is 6.31. The van der Waals surface area contributed by atoms with Crippen LogP contribution < -0.4 is 10.3 Å². The van der Waals surface area contributed by atoms with Gasteiger partial charge in [-0.15, -0.1) is 0 Å². The van der Waals surface area contributed by atoms with Crippen molar-refractivity contribution in [1.82, 2.24) is 15.0 Å². The zero-order chi connectivity index (χ0) is 22.9. The Kier molecular flexibility index (Phi) is 5.28. The number of carbonyl (C=O) groups excluding carboxylic acids is 1. The lowest BCUT2D eigenvalue weighted by molar-refractivity contribution is 0.104. The van der Waals surface area contributed by atoms with Crippen LogP contribution >= 0.6 is 11.6 Å². The van der Waals surface area contributed by atoms with Crippen LogP contribution in [-0.4, -0.2) is 27.8 Å². The molecule has 33 heavy (non-hydrogen) atoms. The van der Waals surface area contributed by atoms with Crippen LogP contribution in [-0.2, 0) is 0 Å². The number of benzene rings is 3. The van der Waals surface area contributed by atoms with Gasteiger partial charge in [0, 0.05) is 21.5 Å². The highest BCUT2D eigenvalue weighted by Crippen LogP contribution is 2.32. The Balaban J connectivity index is 1.66. The highest BCUT2D eigenvalue weighted by Gasteiger charge is 2.20. The second kappa shape index (κ2) is 8.41. The van der Waals surface area contributed by atoms with Gasteiger partial charge >= 0.3 is 0 Å². The fourth-order valence-corrected chi connectivity index (χ4v) is 4.02. The van der Waals surface area contributed by atoms with Crippen LogP contribution in [0.4, 0.5) is 0 Å². The molecule has 0 aliphatic carbocycles. The number of pyridine rings is 1. The zero-order valence-corrected chi connectivity index (χ0v) is 18.3. The third-order valence-corrected chi connectivity index (χ3v) is 5.64. The standard InChI is InChI=1S/C26H18ClN3O3/c1-33-17-9-6-15(7-10-17)24-18-14-16(27)8-11-19(18)30-26(32)25(24)22(31)12-13-23-28-20-4-2-3-5-21(20)29-23/h2-14H,1H3,(H,28,29)(H,30,32)/b13-12+. The summed E-state index contributed by atoms with van der Waals surface area (Å²) in [5.74, 6) is 0.754. The van der Waals surface area contributed by atoms with Gasteiger partial charge in [0.15, 0.2) is 5.78 Å². The van der Waals surface area contributed by atoms with Crippen LogP contribution in [0.25, 0.3) is 39.1 Å². The van der Waals surface area contributed by atoms with Gasteiger partial charge in [0.05, 0.1) is 23.7 Å². The molecular formula is C26H18ClN3O3. The van der Waals surface area contributed by atoms with Crippen molar-refractivity contribution >= 4 is 45.4 Å². The molecule has 6 nitrogen and oxygen atoms in total. The molecule has 0 saturated heterocycles. The number of hydrogen-bond acceptors (Lipinski definition) is 4. The molecule has 0 saturated carbocycles. The summed E-state index contributed by atoms with van der Waals surface area (Å²) in [5.41, 5.74) is 3.02. The van der Waals surface area contributed by atoms with Crippen molar-refractivity contribution in [3.05, 3.63) is 99.6 Å². The van der Waals surface area contributed by atoms with E-state index in [0.717, 1.165) is 11.0 Å². The van der Waals surface area contributed by atoms with Crippen LogP contribution in [0.5, 0.6) is 5.75 Å². The number of imidazole rings is 1. The summed E-state index contributed by atoms with van der Waals surface area (Å²) in [6.07, 6.45) is 2.92. The van der Waals surface area contributed by atoms with Gasteiger partial charge in [-0.05, 0) is 60.2 Å². The molecule has 5 rings (SSSR count). The van der Waals surface area contributed by atoms with Crippen molar-refractivity contribution in [2.75, 3.05) is 7.11 Å². The number of H-pyrrole nitrogens is 2. The number of nitrogens with zero attached hydrogens (tertiary/aromatic N) is 1. The van der Waals surface area contributed by atoms with Gasteiger partial charge in [-0.3, -0.25) is 9.59 Å². The van der Waals surface area contributed by atoms with Crippen molar-refractivity contribution in [2.45, 2.75) is 0 Å². The topological polar surface area (TPSA) is 87.8 Å². The normalized spacial score (nSPS) is 11.5. The molecular weight excluding hydrogens is 438 g/mol. The van der Waals surface area contributed by atoms with Crippen molar-refractivity contribution < 1.29 is 9.53 Å². The molecule has 162 valence electrons. The van der Waals surface area contributed by atoms with Gasteiger partial charge in [-0.1, -0.05) is 35.9 Å². The summed E-state index contributed by atoms with van der Waals surface area (Å²) in [4.78, 5) is 36.7. The molecule has 2 N–H and O–H groups in total. The molecule has 2 aromatic heterocycles. The van der Waals surface area contributed by atoms with E-state index in [4.69, 9.17) is 16.3 Å². The largest absolute Gasteiger partial charge is 0.497 e. The second-order valence-electron chi connectivity index (χ2n) is 7.46. The van der Waals surface area contributed by atoms with E-state index < -0.39 is 11.3 Å². The van der Waals surface area contributed by atoms with E-state index in [2.05, 4.69) is 15.0 Å². The number of hydrogen-bond donors (Lipinski definition) is 2. The fourth-order valence-electron chi connectivity index (χ4n) is 3.85. The number of aromatic nitrogens is 3. The van der Waals surface area contributed by atoms with Crippen LogP contribution in [0.15, 0.2) is 77.6 Å². The van der Waals surface area contributed by atoms with Crippen LogP contribution in [0.3, 0.4) is 0 Å². The number of aromatic amines is 2. The lowest BCUT2D eigenvalue weighted by Gasteiger charge is -2.12. The molecule has 5 aromatic rings. The summed E-state index contributed by atoms with van der Waals surface area (Å²) in [6, 6.07) is 19.9. The number of fused-ring (bicyclic) bond motifs is 2. The first-order valence-electron chi connectivity index (χ1n) is 10.2. The van der Waals surface area contributed by atoms with Gasteiger partial charge in [0.1, 0.15) is 11.6 Å². The Morgan fingerprint density at radius 2 is 1.79 bits per heavy atom. The van der Waals surface area contributed by atoms with Crippen molar-refractivity contribution in [2.24, 2.45) is 0 Å². The summed E-state index contributed by atoms with van der Waals surface area (Å²) in [6.45, 7) is 0. The second-order valence-corrected chi connectivity index (χ2v) is 7.90. The number of ketones is 1. The summed E-state index contributed by atoms with van der Waals surface area (Å²) in [7, 11) is 1.58. The van der Waals surface area contributed by atoms with E-state index in [1.807, 2.05) is 36.4 Å². The van der Waals surface area contributed by atoms with E-state index in [9.17, 15) is 9.59 Å². The molecule has 2 heterocycles. The van der Waals surface area contributed by atoms with E-state index in [0.29, 0.717) is 38.6 Å². The summed E-state index contributed by atoms with van der Waals surface area (Å²) >= 11 is 6.25. The number of allylic oxidation sites excluding steroid dienone is 1. The molecule has 0 unspecified atom stereocenters. The first-order chi connectivity index (χ1) is 16.0. The number of para-hydroxylation sites is 2. The van der Waals surface area contributed by atoms with Crippen molar-refractivity contribution in [3.63, 3.8) is 0 Å². The Bertz CT molecular complexity index is 1560. The average Bonchev–Trinajstić information content (AvgIpc) is 3.25. The predicted octanol–water partition coefficient (Wildman–Crippen LogP) is 5.63. The molecule has 0 spiro atoms. The Labute approximate surface area is 193 Å². The number of carbonyl (C=O) groups is 1. The number of halogens is 1. The Morgan fingerprint density at radius 3 is 2.55 bits per heavy atom. The minimum absolute atomic E-state index is 0.0299. The zero-order valence-electron chi connectivity index (χ0n) is 17.6. The van der Waals surface area contributed by atoms with Crippen molar-refractivity contribution in [1.29, 1.82) is 0 Å². The predicted molar refractivity (Wildman–Crippen MR) is 131 cm³/mol. The highest BCUT2D eigenvalue weighted by atomic mass is 35.5. The molecule has 0 atom stereocenters. The number of rotatable bonds is 5. The minimum atomic E-state index is -0.477. The fraction of sp³-hybridized carbons (Fsp3) is 0.0385. The number of methoxy groups -OCH3 is 1. The molecule has 0 fully saturated rings. The maximum Gasteiger partial charge on any atom is 0.260 e. The molecule has 0 aliphatic heterocycles. The molecule has 7 heteroatoms. The summed E-state index contributed by atoms with van der Waals surface area (Å²) < 4.78 is 5.25. The monoisotopic (exact) mass is 455 g/mol. The molecule has 0 aliphatic rings. The van der Waals surface area contributed by atoms with E-state index in [1.165, 1.54) is 6.08 Å². The molecule has 0 bridgehead atoms. The van der Waals surface area contributed by atoms with Gasteiger partial charge in [0.25, 0.3) is 5.56 Å². The maximum absolute atomic E-state index is 13.3.